The van der Waals surface area contributed by atoms with E-state index in [0.717, 1.165) is 24.2 Å². The van der Waals surface area contributed by atoms with Crippen LogP contribution in [0, 0.1) is 11.3 Å². The summed E-state index contributed by atoms with van der Waals surface area (Å²) in [6, 6.07) is 16.8. The van der Waals surface area contributed by atoms with E-state index in [4.69, 9.17) is 5.26 Å². The van der Waals surface area contributed by atoms with Gasteiger partial charge in [-0.05, 0) is 49.7 Å². The van der Waals surface area contributed by atoms with Crippen molar-refractivity contribution in [3.63, 3.8) is 0 Å². The van der Waals surface area contributed by atoms with Crippen molar-refractivity contribution >= 4 is 23.2 Å². The molecule has 1 aliphatic rings. The number of nitrogens with one attached hydrogen (secondary N) is 1. The fraction of sp³-hybridized carbons (Fsp3) is 0.348. The second kappa shape index (κ2) is 9.35. The lowest BCUT2D eigenvalue weighted by Crippen LogP contribution is -2.45. The van der Waals surface area contributed by atoms with Crippen LogP contribution < -0.4 is 10.2 Å². The van der Waals surface area contributed by atoms with Crippen LogP contribution in [0.25, 0.3) is 0 Å². The number of nitrogens with zero attached hydrogens (tertiary/aromatic N) is 3. The van der Waals surface area contributed by atoms with Crippen LogP contribution in [0.2, 0.25) is 0 Å². The summed E-state index contributed by atoms with van der Waals surface area (Å²) in [4.78, 5) is 29.3. The van der Waals surface area contributed by atoms with E-state index in [2.05, 4.69) is 23.2 Å². The van der Waals surface area contributed by atoms with Crippen LogP contribution in [0.4, 0.5) is 11.4 Å². The first-order chi connectivity index (χ1) is 14.0. The molecule has 1 unspecified atom stereocenters. The molecule has 1 atom stereocenters. The molecule has 29 heavy (non-hydrogen) atoms. The van der Waals surface area contributed by atoms with E-state index in [0.29, 0.717) is 17.8 Å². The average Bonchev–Trinajstić information content (AvgIpc) is 2.82. The Morgan fingerprint density at radius 2 is 1.97 bits per heavy atom. The lowest BCUT2D eigenvalue weighted by Gasteiger charge is -2.31. The fourth-order valence-corrected chi connectivity index (χ4v) is 3.71. The summed E-state index contributed by atoms with van der Waals surface area (Å²) in [6.45, 7) is 5.67. The number of hydrogen-bond acceptors (Lipinski definition) is 4. The Morgan fingerprint density at radius 1 is 1.24 bits per heavy atom. The molecule has 0 saturated carbocycles. The minimum absolute atomic E-state index is 0.0245. The summed E-state index contributed by atoms with van der Waals surface area (Å²) >= 11 is 0. The van der Waals surface area contributed by atoms with Gasteiger partial charge in [-0.1, -0.05) is 31.2 Å². The molecule has 3 rings (SSSR count). The molecular formula is C23H26N4O2. The normalized spacial score (nSPS) is 16.0. The molecule has 2 amide bonds. The fourth-order valence-electron chi connectivity index (χ4n) is 3.71. The van der Waals surface area contributed by atoms with E-state index in [-0.39, 0.29) is 30.8 Å². The summed E-state index contributed by atoms with van der Waals surface area (Å²) < 4.78 is 0. The highest BCUT2D eigenvalue weighted by Gasteiger charge is 2.30. The van der Waals surface area contributed by atoms with E-state index < -0.39 is 0 Å². The molecule has 0 spiro atoms. The molecule has 0 fully saturated rings. The van der Waals surface area contributed by atoms with E-state index >= 15 is 0 Å². The predicted octanol–water partition coefficient (Wildman–Crippen LogP) is 3.53. The van der Waals surface area contributed by atoms with Crippen LogP contribution in [0.5, 0.6) is 0 Å². The summed E-state index contributed by atoms with van der Waals surface area (Å²) in [7, 11) is 0. The summed E-state index contributed by atoms with van der Waals surface area (Å²) in [5.74, 6) is -0.105. The molecular weight excluding hydrogens is 364 g/mol. The maximum absolute atomic E-state index is 13.3. The number of nitriles is 1. The summed E-state index contributed by atoms with van der Waals surface area (Å²) in [5, 5.41) is 11.9. The Kier molecular flexibility index (Phi) is 6.63. The Bertz CT molecular complexity index is 917. The van der Waals surface area contributed by atoms with Crippen LogP contribution in [0.15, 0.2) is 48.5 Å². The van der Waals surface area contributed by atoms with Crippen molar-refractivity contribution in [2.24, 2.45) is 0 Å². The predicted molar refractivity (Wildman–Crippen MR) is 113 cm³/mol. The van der Waals surface area contributed by atoms with Crippen molar-refractivity contribution in [2.45, 2.75) is 39.3 Å². The van der Waals surface area contributed by atoms with Crippen molar-refractivity contribution in [2.75, 3.05) is 23.3 Å². The molecule has 0 radical (unpaired) electrons. The maximum Gasteiger partial charge on any atom is 0.241 e. The number of fused-ring (bicyclic) bond motifs is 1. The third kappa shape index (κ3) is 5.01. The first-order valence-electron chi connectivity index (χ1n) is 9.94. The molecule has 6 nitrogen and oxygen atoms in total. The standard InChI is InChI=1S/C23H26N4O2/c1-3-12-26(15-19-10-8-18(14-24)9-11-19)16-23(29)27-17(2)13-22(28)25-20-6-4-5-7-21(20)27/h4-11,17H,3,12-13,15-16H2,1-2H3,(H,25,28). The van der Waals surface area contributed by atoms with Crippen molar-refractivity contribution in [1.29, 1.82) is 5.26 Å². The van der Waals surface area contributed by atoms with Crippen molar-refractivity contribution < 1.29 is 9.59 Å². The Morgan fingerprint density at radius 3 is 2.66 bits per heavy atom. The minimum Gasteiger partial charge on any atom is -0.324 e. The molecule has 2 aromatic rings. The minimum atomic E-state index is -0.218. The zero-order chi connectivity index (χ0) is 20.8. The van der Waals surface area contributed by atoms with Crippen LogP contribution in [-0.2, 0) is 16.1 Å². The number of anilines is 2. The molecule has 6 heteroatoms. The Balaban J connectivity index is 1.79. The third-order valence-electron chi connectivity index (χ3n) is 5.02. The average molecular weight is 390 g/mol. The van der Waals surface area contributed by atoms with Crippen LogP contribution in [0.3, 0.4) is 0 Å². The van der Waals surface area contributed by atoms with Gasteiger partial charge in [0.2, 0.25) is 11.8 Å². The highest BCUT2D eigenvalue weighted by molar-refractivity contribution is 6.04. The number of rotatable bonds is 6. The van der Waals surface area contributed by atoms with Gasteiger partial charge in [-0.25, -0.2) is 0 Å². The summed E-state index contributed by atoms with van der Waals surface area (Å²) in [5.41, 5.74) is 3.10. The van der Waals surface area contributed by atoms with Crippen LogP contribution >= 0.6 is 0 Å². The molecule has 1 N–H and O–H groups in total. The van der Waals surface area contributed by atoms with Gasteiger partial charge in [0.1, 0.15) is 0 Å². The molecule has 1 heterocycles. The van der Waals surface area contributed by atoms with Gasteiger partial charge >= 0.3 is 0 Å². The van der Waals surface area contributed by atoms with Crippen LogP contribution in [-0.4, -0.2) is 35.8 Å². The van der Waals surface area contributed by atoms with Gasteiger partial charge in [-0.3, -0.25) is 14.5 Å². The van der Waals surface area contributed by atoms with E-state index in [1.54, 1.807) is 17.0 Å². The molecule has 2 aromatic carbocycles. The number of carbonyl (C=O) groups is 2. The molecule has 0 bridgehead atoms. The lowest BCUT2D eigenvalue weighted by atomic mass is 10.1. The van der Waals surface area contributed by atoms with Gasteiger partial charge in [0.15, 0.2) is 0 Å². The van der Waals surface area contributed by atoms with Crippen LogP contribution in [0.1, 0.15) is 37.8 Å². The number of para-hydroxylation sites is 2. The van der Waals surface area contributed by atoms with Crippen molar-refractivity contribution in [3.05, 3.63) is 59.7 Å². The quantitative estimate of drug-likeness (QED) is 0.819. The van der Waals surface area contributed by atoms with Gasteiger partial charge in [0, 0.05) is 19.0 Å². The molecule has 0 aliphatic carbocycles. The monoisotopic (exact) mass is 390 g/mol. The van der Waals surface area contributed by atoms with Crippen molar-refractivity contribution in [3.8, 4) is 6.07 Å². The summed E-state index contributed by atoms with van der Waals surface area (Å²) in [6.07, 6.45) is 1.19. The molecule has 0 saturated heterocycles. The molecule has 150 valence electrons. The number of amides is 2. The smallest absolute Gasteiger partial charge is 0.241 e. The SMILES string of the molecule is CCCN(CC(=O)N1c2ccccc2NC(=O)CC1C)Cc1ccc(C#N)cc1. The number of hydrogen-bond donors (Lipinski definition) is 1. The maximum atomic E-state index is 13.3. The first-order valence-corrected chi connectivity index (χ1v) is 9.94. The lowest BCUT2D eigenvalue weighted by molar-refractivity contribution is -0.120. The zero-order valence-electron chi connectivity index (χ0n) is 16.9. The van der Waals surface area contributed by atoms with E-state index in [1.165, 1.54) is 0 Å². The van der Waals surface area contributed by atoms with E-state index in [9.17, 15) is 9.59 Å². The van der Waals surface area contributed by atoms with Gasteiger partial charge in [0.05, 0.1) is 29.6 Å². The van der Waals surface area contributed by atoms with Crippen molar-refractivity contribution in [1.82, 2.24) is 4.90 Å². The van der Waals surface area contributed by atoms with Gasteiger partial charge in [0.25, 0.3) is 0 Å². The number of carbonyl (C=O) groups excluding carboxylic acids is 2. The first kappa shape index (κ1) is 20.6. The molecule has 0 aromatic heterocycles. The second-order valence-electron chi connectivity index (χ2n) is 7.40. The van der Waals surface area contributed by atoms with Gasteiger partial charge < -0.3 is 10.2 Å². The number of benzene rings is 2. The molecule has 1 aliphatic heterocycles. The van der Waals surface area contributed by atoms with Gasteiger partial charge in [-0.15, -0.1) is 0 Å². The van der Waals surface area contributed by atoms with E-state index in [1.807, 2.05) is 43.3 Å². The van der Waals surface area contributed by atoms with Gasteiger partial charge in [-0.2, -0.15) is 5.26 Å². The highest BCUT2D eigenvalue weighted by atomic mass is 16.2. The topological polar surface area (TPSA) is 76.4 Å². The third-order valence-corrected chi connectivity index (χ3v) is 5.02. The Labute approximate surface area is 171 Å². The highest BCUT2D eigenvalue weighted by Crippen LogP contribution is 2.31. The largest absolute Gasteiger partial charge is 0.324 e. The second-order valence-corrected chi connectivity index (χ2v) is 7.40. The Hall–Kier alpha value is -3.17. The zero-order valence-corrected chi connectivity index (χ0v) is 16.9.